The summed E-state index contributed by atoms with van der Waals surface area (Å²) in [6, 6.07) is 16.1. The topological polar surface area (TPSA) is 38.3 Å². The number of ether oxygens (including phenoxy) is 1. The third kappa shape index (κ3) is 5.93. The van der Waals surface area contributed by atoms with Gasteiger partial charge in [0.1, 0.15) is 5.75 Å². The minimum Gasteiger partial charge on any atom is -0.494 e. The van der Waals surface area contributed by atoms with Crippen LogP contribution in [0.5, 0.6) is 5.75 Å². The molecular formula is C22H29NO2. The first-order chi connectivity index (χ1) is 12.0. The molecule has 3 nitrogen and oxygen atoms in total. The van der Waals surface area contributed by atoms with E-state index < -0.39 is 0 Å². The van der Waals surface area contributed by atoms with Crippen LogP contribution in [0, 0.1) is 0 Å². The van der Waals surface area contributed by atoms with Crippen molar-refractivity contribution < 1.29 is 9.53 Å². The van der Waals surface area contributed by atoms with Crippen molar-refractivity contribution >= 4 is 11.6 Å². The third-order valence-electron chi connectivity index (χ3n) is 4.22. The largest absolute Gasteiger partial charge is 0.494 e. The van der Waals surface area contributed by atoms with Gasteiger partial charge in [-0.2, -0.15) is 0 Å². The van der Waals surface area contributed by atoms with Gasteiger partial charge in [0.15, 0.2) is 0 Å². The van der Waals surface area contributed by atoms with E-state index in [1.165, 1.54) is 5.56 Å². The Labute approximate surface area is 151 Å². The SMILES string of the molecule is CC(C)c1ccc(OCCCC(=O)Nc2ccccc2C(C)C)cc1. The normalized spacial score (nSPS) is 11.0. The summed E-state index contributed by atoms with van der Waals surface area (Å²) < 4.78 is 5.72. The van der Waals surface area contributed by atoms with Crippen molar-refractivity contribution in [3.05, 3.63) is 59.7 Å². The van der Waals surface area contributed by atoms with Crippen LogP contribution in [0.25, 0.3) is 0 Å². The molecule has 0 heterocycles. The summed E-state index contributed by atoms with van der Waals surface area (Å²) in [6.07, 6.45) is 1.15. The Morgan fingerprint density at radius 1 is 0.960 bits per heavy atom. The summed E-state index contributed by atoms with van der Waals surface area (Å²) in [5.41, 5.74) is 3.38. The van der Waals surface area contributed by atoms with Crippen LogP contribution >= 0.6 is 0 Å². The molecule has 0 atom stereocenters. The molecule has 3 heteroatoms. The van der Waals surface area contributed by atoms with Crippen molar-refractivity contribution in [3.63, 3.8) is 0 Å². The third-order valence-corrected chi connectivity index (χ3v) is 4.22. The molecule has 0 aromatic heterocycles. The monoisotopic (exact) mass is 339 g/mol. The van der Waals surface area contributed by atoms with E-state index >= 15 is 0 Å². The van der Waals surface area contributed by atoms with Gasteiger partial charge in [-0.15, -0.1) is 0 Å². The number of carbonyl (C=O) groups is 1. The van der Waals surface area contributed by atoms with E-state index in [9.17, 15) is 4.79 Å². The number of rotatable bonds is 8. The van der Waals surface area contributed by atoms with Crippen molar-refractivity contribution in [1.82, 2.24) is 0 Å². The molecule has 0 unspecified atom stereocenters. The molecule has 1 N–H and O–H groups in total. The highest BCUT2D eigenvalue weighted by Crippen LogP contribution is 2.24. The number of carbonyl (C=O) groups excluding carboxylic acids is 1. The second-order valence-corrected chi connectivity index (χ2v) is 6.97. The van der Waals surface area contributed by atoms with Crippen LogP contribution in [0.3, 0.4) is 0 Å². The first kappa shape index (κ1) is 19.0. The van der Waals surface area contributed by atoms with Crippen LogP contribution in [-0.4, -0.2) is 12.5 Å². The molecule has 2 aromatic rings. The molecule has 2 rings (SSSR count). The van der Waals surface area contributed by atoms with E-state index in [2.05, 4.69) is 51.2 Å². The van der Waals surface area contributed by atoms with Gasteiger partial charge in [0, 0.05) is 12.1 Å². The van der Waals surface area contributed by atoms with Crippen molar-refractivity contribution in [2.24, 2.45) is 0 Å². The predicted octanol–water partition coefficient (Wildman–Crippen LogP) is 5.73. The number of hydrogen-bond acceptors (Lipinski definition) is 2. The van der Waals surface area contributed by atoms with Crippen molar-refractivity contribution in [3.8, 4) is 5.75 Å². The lowest BCUT2D eigenvalue weighted by Crippen LogP contribution is -2.14. The maximum absolute atomic E-state index is 12.2. The molecule has 25 heavy (non-hydrogen) atoms. The van der Waals surface area contributed by atoms with E-state index in [0.717, 1.165) is 17.0 Å². The highest BCUT2D eigenvalue weighted by atomic mass is 16.5. The van der Waals surface area contributed by atoms with Gasteiger partial charge in [-0.3, -0.25) is 4.79 Å². The Morgan fingerprint density at radius 2 is 1.64 bits per heavy atom. The summed E-state index contributed by atoms with van der Waals surface area (Å²) in [4.78, 5) is 12.2. The molecule has 0 aliphatic rings. The highest BCUT2D eigenvalue weighted by Gasteiger charge is 2.09. The number of amides is 1. The lowest BCUT2D eigenvalue weighted by atomic mass is 10.0. The Morgan fingerprint density at radius 3 is 2.28 bits per heavy atom. The maximum atomic E-state index is 12.2. The Hall–Kier alpha value is -2.29. The van der Waals surface area contributed by atoms with Gasteiger partial charge >= 0.3 is 0 Å². The van der Waals surface area contributed by atoms with Gasteiger partial charge in [0.05, 0.1) is 6.61 Å². The molecule has 0 aliphatic carbocycles. The molecule has 0 aliphatic heterocycles. The second kappa shape index (κ2) is 9.26. The molecule has 0 radical (unpaired) electrons. The molecule has 0 bridgehead atoms. The van der Waals surface area contributed by atoms with Gasteiger partial charge in [-0.05, 0) is 47.6 Å². The van der Waals surface area contributed by atoms with Crippen molar-refractivity contribution in [1.29, 1.82) is 0 Å². The molecule has 0 saturated heterocycles. The minimum absolute atomic E-state index is 0.0341. The standard InChI is InChI=1S/C22H29NO2/c1-16(2)18-11-13-19(14-12-18)25-15-7-10-22(24)23-21-9-6-5-8-20(21)17(3)4/h5-6,8-9,11-14,16-17H,7,10,15H2,1-4H3,(H,23,24). The number of benzene rings is 2. The lowest BCUT2D eigenvalue weighted by Gasteiger charge is -2.13. The summed E-state index contributed by atoms with van der Waals surface area (Å²) >= 11 is 0. The zero-order valence-corrected chi connectivity index (χ0v) is 15.7. The van der Waals surface area contributed by atoms with E-state index in [1.807, 2.05) is 30.3 Å². The second-order valence-electron chi connectivity index (χ2n) is 6.97. The minimum atomic E-state index is 0.0341. The predicted molar refractivity (Wildman–Crippen MR) is 104 cm³/mol. The zero-order chi connectivity index (χ0) is 18.2. The summed E-state index contributed by atoms with van der Waals surface area (Å²) in [7, 11) is 0. The number of nitrogens with one attached hydrogen (secondary N) is 1. The van der Waals surface area contributed by atoms with Crippen LogP contribution < -0.4 is 10.1 Å². The first-order valence-electron chi connectivity index (χ1n) is 9.09. The number of anilines is 1. The van der Waals surface area contributed by atoms with Gasteiger partial charge in [0.25, 0.3) is 0 Å². The van der Waals surface area contributed by atoms with Crippen LogP contribution in [-0.2, 0) is 4.79 Å². The average molecular weight is 339 g/mol. The molecular weight excluding hydrogens is 310 g/mol. The van der Waals surface area contributed by atoms with Gasteiger partial charge in [-0.1, -0.05) is 58.0 Å². The van der Waals surface area contributed by atoms with Gasteiger partial charge < -0.3 is 10.1 Å². The van der Waals surface area contributed by atoms with Crippen LogP contribution in [0.2, 0.25) is 0 Å². The number of hydrogen-bond donors (Lipinski definition) is 1. The van der Waals surface area contributed by atoms with Crippen LogP contribution in [0.4, 0.5) is 5.69 Å². The van der Waals surface area contributed by atoms with E-state index in [0.29, 0.717) is 31.3 Å². The van der Waals surface area contributed by atoms with E-state index in [-0.39, 0.29) is 5.91 Å². The first-order valence-corrected chi connectivity index (χ1v) is 9.09. The lowest BCUT2D eigenvalue weighted by molar-refractivity contribution is -0.116. The van der Waals surface area contributed by atoms with E-state index in [4.69, 9.17) is 4.74 Å². The molecule has 0 fully saturated rings. The fourth-order valence-corrected chi connectivity index (χ4v) is 2.70. The van der Waals surface area contributed by atoms with Crippen LogP contribution in [0.15, 0.2) is 48.5 Å². The summed E-state index contributed by atoms with van der Waals surface area (Å²) in [5, 5.41) is 3.02. The summed E-state index contributed by atoms with van der Waals surface area (Å²) in [6.45, 7) is 9.14. The van der Waals surface area contributed by atoms with Crippen molar-refractivity contribution in [2.45, 2.75) is 52.4 Å². The molecule has 2 aromatic carbocycles. The Balaban J connectivity index is 1.76. The quantitative estimate of drug-likeness (QED) is 0.624. The summed E-state index contributed by atoms with van der Waals surface area (Å²) in [5.74, 6) is 1.79. The fourth-order valence-electron chi connectivity index (χ4n) is 2.70. The van der Waals surface area contributed by atoms with Gasteiger partial charge in [-0.25, -0.2) is 0 Å². The van der Waals surface area contributed by atoms with E-state index in [1.54, 1.807) is 0 Å². The fraction of sp³-hybridized carbons (Fsp3) is 0.409. The molecule has 134 valence electrons. The number of para-hydroxylation sites is 1. The smallest absolute Gasteiger partial charge is 0.224 e. The molecule has 0 saturated carbocycles. The molecule has 0 spiro atoms. The average Bonchev–Trinajstić information content (AvgIpc) is 2.59. The molecule has 1 amide bonds. The maximum Gasteiger partial charge on any atom is 0.224 e. The highest BCUT2D eigenvalue weighted by molar-refractivity contribution is 5.91. The Kier molecular flexibility index (Phi) is 7.05. The van der Waals surface area contributed by atoms with Crippen LogP contribution in [0.1, 0.15) is 63.5 Å². The zero-order valence-electron chi connectivity index (χ0n) is 15.7. The van der Waals surface area contributed by atoms with Crippen molar-refractivity contribution in [2.75, 3.05) is 11.9 Å². The van der Waals surface area contributed by atoms with Gasteiger partial charge in [0.2, 0.25) is 5.91 Å². The Bertz CT molecular complexity index is 675.